The SMILES string of the molecule is Cc1ccc2c(n1)oc1c(-c3n(-c4c(C(C)C)cc(-c5ccccc5)cc4C(C)C)cc[n+]3C)c(C)cc(C)c12. The van der Waals surface area contributed by atoms with Gasteiger partial charge in [0.05, 0.1) is 7.05 Å². The lowest BCUT2D eigenvalue weighted by atomic mass is 9.88. The van der Waals surface area contributed by atoms with E-state index in [0.717, 1.165) is 33.4 Å². The molecule has 0 fully saturated rings. The van der Waals surface area contributed by atoms with E-state index >= 15 is 0 Å². The van der Waals surface area contributed by atoms with Crippen molar-refractivity contribution in [2.24, 2.45) is 7.05 Å². The van der Waals surface area contributed by atoms with Crippen LogP contribution in [-0.2, 0) is 7.05 Å². The van der Waals surface area contributed by atoms with E-state index in [2.05, 4.69) is 131 Å². The number of hydrogen-bond donors (Lipinski definition) is 0. The molecule has 0 aliphatic rings. The zero-order valence-corrected chi connectivity index (χ0v) is 24.8. The van der Waals surface area contributed by atoms with Crippen LogP contribution in [0.2, 0.25) is 0 Å². The van der Waals surface area contributed by atoms with Gasteiger partial charge < -0.3 is 4.42 Å². The highest BCUT2D eigenvalue weighted by Gasteiger charge is 2.31. The molecule has 0 saturated heterocycles. The zero-order chi connectivity index (χ0) is 28.3. The van der Waals surface area contributed by atoms with Gasteiger partial charge in [0.2, 0.25) is 5.71 Å². The van der Waals surface area contributed by atoms with Crippen LogP contribution in [0, 0.1) is 20.8 Å². The number of furan rings is 1. The van der Waals surface area contributed by atoms with Crippen molar-refractivity contribution in [1.29, 1.82) is 0 Å². The maximum atomic E-state index is 6.59. The Morgan fingerprint density at radius 3 is 2.12 bits per heavy atom. The largest absolute Gasteiger partial charge is 0.437 e. The molecule has 6 rings (SSSR count). The Kier molecular flexibility index (Phi) is 6.37. The van der Waals surface area contributed by atoms with Crippen molar-refractivity contribution in [3.05, 3.63) is 101 Å². The fourth-order valence-corrected chi connectivity index (χ4v) is 6.16. The summed E-state index contributed by atoms with van der Waals surface area (Å²) in [6.07, 6.45) is 4.37. The second-order valence-electron chi connectivity index (χ2n) is 11.8. The van der Waals surface area contributed by atoms with Crippen molar-refractivity contribution in [2.45, 2.75) is 60.3 Å². The molecular formula is C36H38N3O+. The van der Waals surface area contributed by atoms with Crippen molar-refractivity contribution in [2.75, 3.05) is 0 Å². The highest BCUT2D eigenvalue weighted by atomic mass is 16.3. The number of imidazole rings is 1. The third-order valence-electron chi connectivity index (χ3n) is 8.13. The fraction of sp³-hybridized carbons (Fsp3) is 0.278. The van der Waals surface area contributed by atoms with E-state index in [4.69, 9.17) is 9.40 Å². The van der Waals surface area contributed by atoms with Gasteiger partial charge in [-0.2, -0.15) is 4.57 Å². The number of fused-ring (bicyclic) bond motifs is 3. The summed E-state index contributed by atoms with van der Waals surface area (Å²) in [4.78, 5) is 4.74. The van der Waals surface area contributed by atoms with E-state index in [1.165, 1.54) is 39.1 Å². The minimum Gasteiger partial charge on any atom is -0.437 e. The predicted molar refractivity (Wildman–Crippen MR) is 165 cm³/mol. The minimum absolute atomic E-state index is 0.342. The summed E-state index contributed by atoms with van der Waals surface area (Å²) in [5.41, 5.74) is 12.5. The molecule has 4 nitrogen and oxygen atoms in total. The summed E-state index contributed by atoms with van der Waals surface area (Å²) in [6.45, 7) is 15.6. The molecule has 202 valence electrons. The van der Waals surface area contributed by atoms with E-state index in [1.54, 1.807) is 0 Å². The topological polar surface area (TPSA) is 34.8 Å². The van der Waals surface area contributed by atoms with E-state index in [1.807, 2.05) is 6.92 Å². The maximum Gasteiger partial charge on any atom is 0.297 e. The highest BCUT2D eigenvalue weighted by Crippen LogP contribution is 2.42. The predicted octanol–water partition coefficient (Wildman–Crippen LogP) is 9.10. The maximum absolute atomic E-state index is 6.59. The van der Waals surface area contributed by atoms with E-state index in [0.29, 0.717) is 17.5 Å². The molecule has 0 radical (unpaired) electrons. The second kappa shape index (κ2) is 9.78. The summed E-state index contributed by atoms with van der Waals surface area (Å²) < 4.78 is 11.2. The lowest BCUT2D eigenvalue weighted by Gasteiger charge is -2.20. The van der Waals surface area contributed by atoms with E-state index in [9.17, 15) is 0 Å². The Bertz CT molecular complexity index is 1860. The fourth-order valence-electron chi connectivity index (χ4n) is 6.16. The highest BCUT2D eigenvalue weighted by molar-refractivity contribution is 6.10. The molecule has 0 saturated carbocycles. The Morgan fingerprint density at radius 2 is 1.48 bits per heavy atom. The smallest absolute Gasteiger partial charge is 0.297 e. The molecule has 0 N–H and O–H groups in total. The first kappa shape index (κ1) is 26.1. The van der Waals surface area contributed by atoms with Gasteiger partial charge >= 0.3 is 0 Å². The van der Waals surface area contributed by atoms with Crippen molar-refractivity contribution >= 4 is 22.1 Å². The van der Waals surface area contributed by atoms with Crippen molar-refractivity contribution in [3.63, 3.8) is 0 Å². The molecule has 6 aromatic rings. The zero-order valence-electron chi connectivity index (χ0n) is 24.8. The number of benzene rings is 3. The first-order chi connectivity index (χ1) is 19.2. The van der Waals surface area contributed by atoms with Gasteiger partial charge in [-0.1, -0.05) is 64.1 Å². The number of aryl methyl sites for hydroxylation is 4. The molecular weight excluding hydrogens is 490 g/mol. The minimum atomic E-state index is 0.342. The first-order valence-electron chi connectivity index (χ1n) is 14.3. The molecule has 0 aliphatic carbocycles. The summed E-state index contributed by atoms with van der Waals surface area (Å²) in [5, 5.41) is 2.21. The second-order valence-corrected chi connectivity index (χ2v) is 11.8. The van der Waals surface area contributed by atoms with Gasteiger partial charge in [-0.25, -0.2) is 9.55 Å². The lowest BCUT2D eigenvalue weighted by Crippen LogP contribution is -2.29. The Labute approximate surface area is 236 Å². The molecule has 0 unspecified atom stereocenters. The molecule has 4 heteroatoms. The van der Waals surface area contributed by atoms with Crippen LogP contribution in [0.3, 0.4) is 0 Å². The number of nitrogens with zero attached hydrogens (tertiary/aromatic N) is 3. The molecule has 40 heavy (non-hydrogen) atoms. The van der Waals surface area contributed by atoms with E-state index in [-0.39, 0.29) is 0 Å². The Morgan fingerprint density at radius 1 is 0.800 bits per heavy atom. The summed E-state index contributed by atoms with van der Waals surface area (Å²) in [7, 11) is 2.13. The molecule has 0 spiro atoms. The van der Waals surface area contributed by atoms with Crippen molar-refractivity contribution in [1.82, 2.24) is 9.55 Å². The molecule has 0 bridgehead atoms. The van der Waals surface area contributed by atoms with Crippen LogP contribution >= 0.6 is 0 Å². The summed E-state index contributed by atoms with van der Waals surface area (Å²) in [6, 6.07) is 22.0. The molecule has 0 atom stereocenters. The van der Waals surface area contributed by atoms with Gasteiger partial charge in [0, 0.05) is 27.6 Å². The summed E-state index contributed by atoms with van der Waals surface area (Å²) >= 11 is 0. The third kappa shape index (κ3) is 4.14. The van der Waals surface area contributed by atoms with Gasteiger partial charge in [0.15, 0.2) is 5.58 Å². The quantitative estimate of drug-likeness (QED) is 0.209. The molecule has 3 aromatic carbocycles. The molecule has 3 aromatic heterocycles. The number of aromatic nitrogens is 3. The average Bonchev–Trinajstić information content (AvgIpc) is 3.48. The Hall–Kier alpha value is -4.18. The van der Waals surface area contributed by atoms with Gasteiger partial charge in [0.1, 0.15) is 23.6 Å². The molecule has 3 heterocycles. The van der Waals surface area contributed by atoms with Gasteiger partial charge in [-0.3, -0.25) is 0 Å². The van der Waals surface area contributed by atoms with Crippen LogP contribution in [0.15, 0.2) is 77.5 Å². The first-order valence-corrected chi connectivity index (χ1v) is 14.3. The van der Waals surface area contributed by atoms with Crippen LogP contribution in [-0.4, -0.2) is 9.55 Å². The monoisotopic (exact) mass is 528 g/mol. The van der Waals surface area contributed by atoms with E-state index < -0.39 is 0 Å². The van der Waals surface area contributed by atoms with Crippen molar-refractivity contribution < 1.29 is 8.98 Å². The summed E-state index contributed by atoms with van der Waals surface area (Å²) in [5.74, 6) is 1.79. The Balaban J connectivity index is 1.69. The molecule has 0 aliphatic heterocycles. The van der Waals surface area contributed by atoms with Crippen molar-refractivity contribution in [3.8, 4) is 28.2 Å². The van der Waals surface area contributed by atoms with Gasteiger partial charge in [-0.15, -0.1) is 0 Å². The van der Waals surface area contributed by atoms with Crippen LogP contribution in [0.5, 0.6) is 0 Å². The van der Waals surface area contributed by atoms with Gasteiger partial charge in [-0.05, 0) is 79.1 Å². The lowest BCUT2D eigenvalue weighted by molar-refractivity contribution is -0.659. The molecule has 0 amide bonds. The number of pyridine rings is 1. The van der Waals surface area contributed by atoms with Crippen LogP contribution in [0.1, 0.15) is 67.5 Å². The number of rotatable bonds is 5. The number of hydrogen-bond acceptors (Lipinski definition) is 2. The van der Waals surface area contributed by atoms with Crippen LogP contribution in [0.25, 0.3) is 50.3 Å². The van der Waals surface area contributed by atoms with Crippen LogP contribution in [0.4, 0.5) is 0 Å². The average molecular weight is 529 g/mol. The van der Waals surface area contributed by atoms with Crippen LogP contribution < -0.4 is 4.57 Å². The normalized spacial score (nSPS) is 11.9. The standard InChI is InChI=1S/C36H38N3O/c1-21(2)29-19-27(26-12-10-9-11-13-26)20-30(22(3)4)33(29)39-17-16-38(8)36(39)32-24(6)18-23(5)31-28-15-14-25(7)37-35(28)40-34(31)32/h9-22H,1-8H3/q+1. The third-order valence-corrected chi connectivity index (χ3v) is 8.13. The van der Waals surface area contributed by atoms with Gasteiger partial charge in [0.25, 0.3) is 5.82 Å².